The van der Waals surface area contributed by atoms with Gasteiger partial charge in [0.25, 0.3) is 0 Å². The summed E-state index contributed by atoms with van der Waals surface area (Å²) in [5.74, 6) is 0. The van der Waals surface area contributed by atoms with Crippen LogP contribution in [-0.4, -0.2) is 0 Å². The maximum absolute atomic E-state index is 6.90. The molecule has 3 heteroatoms. The topological polar surface area (TPSA) is 16.4 Å². The van der Waals surface area contributed by atoms with Crippen molar-refractivity contribution in [2.75, 3.05) is 4.90 Å². The Hall–Kier alpha value is -6.94. The van der Waals surface area contributed by atoms with Crippen molar-refractivity contribution in [1.29, 1.82) is 0 Å². The Bertz CT molecular complexity index is 3180. The highest BCUT2D eigenvalue weighted by Crippen LogP contribution is 2.48. The predicted octanol–water partition coefficient (Wildman–Crippen LogP) is 15.6. The molecule has 11 aromatic rings. The molecular weight excluding hydrogens is 687 g/mol. The fourth-order valence-corrected chi connectivity index (χ4v) is 9.53. The number of fused-ring (bicyclic) bond motifs is 8. The van der Waals surface area contributed by atoms with E-state index in [4.69, 9.17) is 4.42 Å². The van der Waals surface area contributed by atoms with Crippen LogP contribution in [0, 0.1) is 0 Å². The summed E-state index contributed by atoms with van der Waals surface area (Å²) in [4.78, 5) is 2.38. The number of benzene rings is 9. The molecule has 0 spiro atoms. The molecule has 0 fully saturated rings. The minimum absolute atomic E-state index is 0.883. The van der Waals surface area contributed by atoms with E-state index in [1.54, 1.807) is 0 Å². The van der Waals surface area contributed by atoms with E-state index in [0.717, 1.165) is 50.1 Å². The summed E-state index contributed by atoms with van der Waals surface area (Å²) in [6.07, 6.45) is 0. The smallest absolute Gasteiger partial charge is 0.145 e. The normalized spacial score (nSPS) is 11.6. The minimum atomic E-state index is 0.883. The van der Waals surface area contributed by atoms with Gasteiger partial charge in [-0.05, 0) is 87.1 Å². The van der Waals surface area contributed by atoms with E-state index in [1.807, 2.05) is 11.3 Å². The van der Waals surface area contributed by atoms with Crippen LogP contribution in [0.2, 0.25) is 0 Å². The lowest BCUT2D eigenvalue weighted by molar-refractivity contribution is 0.670. The highest BCUT2D eigenvalue weighted by Gasteiger charge is 2.24. The molecular formula is C52H33NOS. The van der Waals surface area contributed by atoms with Gasteiger partial charge in [0, 0.05) is 47.9 Å². The molecule has 0 amide bonds. The van der Waals surface area contributed by atoms with Gasteiger partial charge in [0.05, 0.1) is 5.69 Å². The van der Waals surface area contributed by atoms with Crippen LogP contribution in [-0.2, 0) is 0 Å². The second-order valence-electron chi connectivity index (χ2n) is 14.0. The van der Waals surface area contributed by atoms with Crippen molar-refractivity contribution in [3.63, 3.8) is 0 Å². The minimum Gasteiger partial charge on any atom is -0.455 e. The van der Waals surface area contributed by atoms with Crippen molar-refractivity contribution < 1.29 is 4.42 Å². The van der Waals surface area contributed by atoms with E-state index in [-0.39, 0.29) is 0 Å². The molecule has 0 atom stereocenters. The molecule has 0 radical (unpaired) electrons. The number of furan rings is 1. The van der Waals surface area contributed by atoms with Crippen molar-refractivity contribution in [1.82, 2.24) is 0 Å². The van der Waals surface area contributed by atoms with E-state index in [0.29, 0.717) is 0 Å². The monoisotopic (exact) mass is 719 g/mol. The van der Waals surface area contributed by atoms with E-state index in [2.05, 4.69) is 205 Å². The Kier molecular flexibility index (Phi) is 7.39. The van der Waals surface area contributed by atoms with Crippen molar-refractivity contribution in [2.24, 2.45) is 0 Å². The van der Waals surface area contributed by atoms with E-state index < -0.39 is 0 Å². The summed E-state index contributed by atoms with van der Waals surface area (Å²) in [5, 5.41) is 7.28. The lowest BCUT2D eigenvalue weighted by Crippen LogP contribution is -2.11. The third-order valence-corrected chi connectivity index (χ3v) is 12.1. The number of nitrogens with zero attached hydrogens (tertiary/aromatic N) is 1. The molecule has 2 aromatic heterocycles. The molecule has 0 aliphatic carbocycles. The maximum Gasteiger partial charge on any atom is 0.145 e. The second-order valence-corrected chi connectivity index (χ2v) is 15.1. The lowest BCUT2D eigenvalue weighted by Gasteiger charge is -2.28. The van der Waals surface area contributed by atoms with E-state index in [1.165, 1.54) is 53.2 Å². The van der Waals surface area contributed by atoms with Gasteiger partial charge in [-0.25, -0.2) is 0 Å². The first kappa shape index (κ1) is 31.6. The Morgan fingerprint density at radius 2 is 1.02 bits per heavy atom. The zero-order valence-corrected chi connectivity index (χ0v) is 30.6. The van der Waals surface area contributed by atoms with Crippen LogP contribution in [0.5, 0.6) is 0 Å². The zero-order chi connectivity index (χ0) is 36.3. The van der Waals surface area contributed by atoms with Gasteiger partial charge < -0.3 is 9.32 Å². The van der Waals surface area contributed by atoms with Crippen LogP contribution in [0.1, 0.15) is 0 Å². The third-order valence-electron chi connectivity index (χ3n) is 10.9. The van der Waals surface area contributed by atoms with Crippen molar-refractivity contribution in [3.05, 3.63) is 200 Å². The largest absolute Gasteiger partial charge is 0.455 e. The molecule has 0 saturated heterocycles. The Morgan fingerprint density at radius 3 is 1.78 bits per heavy atom. The van der Waals surface area contributed by atoms with Gasteiger partial charge in [0.1, 0.15) is 11.2 Å². The summed E-state index contributed by atoms with van der Waals surface area (Å²) >= 11 is 1.87. The van der Waals surface area contributed by atoms with E-state index in [9.17, 15) is 0 Å². The van der Waals surface area contributed by atoms with Gasteiger partial charge >= 0.3 is 0 Å². The second kappa shape index (κ2) is 12.9. The highest BCUT2D eigenvalue weighted by molar-refractivity contribution is 7.26. The molecule has 0 bridgehead atoms. The number of hydrogen-bond donors (Lipinski definition) is 0. The van der Waals surface area contributed by atoms with Crippen LogP contribution < -0.4 is 4.90 Å². The summed E-state index contributed by atoms with van der Waals surface area (Å²) in [6, 6.07) is 72.0. The first-order chi connectivity index (χ1) is 27.3. The quantitative estimate of drug-likeness (QED) is 0.170. The van der Waals surface area contributed by atoms with Gasteiger partial charge in [-0.2, -0.15) is 0 Å². The van der Waals surface area contributed by atoms with Gasteiger partial charge in [-0.3, -0.25) is 0 Å². The van der Waals surface area contributed by atoms with Crippen LogP contribution in [0.4, 0.5) is 17.1 Å². The van der Waals surface area contributed by atoms with E-state index >= 15 is 0 Å². The number of anilines is 3. The molecule has 55 heavy (non-hydrogen) atoms. The molecule has 0 N–H and O–H groups in total. The SMILES string of the molecule is c1ccc(-c2ccc(N(c3ccc(-c4cccc5c4sc4ccccc45)cc3)c3ccc4c(oc5ccc6ccccc6c54)c3-c3ccccc3)cc2)cc1. The molecule has 9 aromatic carbocycles. The first-order valence-electron chi connectivity index (χ1n) is 18.7. The molecule has 0 aliphatic rings. The van der Waals surface area contributed by atoms with Gasteiger partial charge in [0.15, 0.2) is 0 Å². The van der Waals surface area contributed by atoms with Crippen LogP contribution in [0.3, 0.4) is 0 Å². The van der Waals surface area contributed by atoms with Crippen molar-refractivity contribution in [3.8, 4) is 33.4 Å². The average Bonchev–Trinajstić information content (AvgIpc) is 3.84. The standard InChI is InChI=1S/C52H33NOS/c1-3-12-34(13-4-1)35-22-27-39(28-23-35)53(40-29-24-37(25-30-40)42-19-11-20-44-43-18-9-10-21-48(43)55-52(42)44)46-32-31-45-50-41-17-8-7-14-36(41)26-33-47(50)54-51(45)49(46)38-15-5-2-6-16-38/h1-33H. The summed E-state index contributed by atoms with van der Waals surface area (Å²) < 4.78 is 9.54. The molecule has 2 heterocycles. The highest BCUT2D eigenvalue weighted by atomic mass is 32.1. The average molecular weight is 720 g/mol. The Labute approximate surface area is 322 Å². The van der Waals surface area contributed by atoms with Crippen LogP contribution >= 0.6 is 11.3 Å². The molecule has 0 saturated carbocycles. The predicted molar refractivity (Wildman–Crippen MR) is 235 cm³/mol. The number of rotatable bonds is 6. The van der Waals surface area contributed by atoms with Crippen LogP contribution in [0.25, 0.3) is 86.3 Å². The molecule has 258 valence electrons. The summed E-state index contributed by atoms with van der Waals surface area (Å²) in [7, 11) is 0. The summed E-state index contributed by atoms with van der Waals surface area (Å²) in [6.45, 7) is 0. The lowest BCUT2D eigenvalue weighted by atomic mass is 9.96. The van der Waals surface area contributed by atoms with Gasteiger partial charge in [0.2, 0.25) is 0 Å². The zero-order valence-electron chi connectivity index (χ0n) is 29.8. The molecule has 0 aliphatic heterocycles. The fraction of sp³-hybridized carbons (Fsp3) is 0. The number of thiophene rings is 1. The molecule has 0 unspecified atom stereocenters. The van der Waals surface area contributed by atoms with Gasteiger partial charge in [-0.1, -0.05) is 152 Å². The van der Waals surface area contributed by atoms with Crippen LogP contribution in [0.15, 0.2) is 205 Å². The maximum atomic E-state index is 6.90. The number of hydrogen-bond acceptors (Lipinski definition) is 3. The fourth-order valence-electron chi connectivity index (χ4n) is 8.30. The van der Waals surface area contributed by atoms with Crippen molar-refractivity contribution in [2.45, 2.75) is 0 Å². The third kappa shape index (κ3) is 5.24. The molecule has 2 nitrogen and oxygen atoms in total. The Morgan fingerprint density at radius 1 is 0.400 bits per heavy atom. The first-order valence-corrected chi connectivity index (χ1v) is 19.5. The Balaban J connectivity index is 1.13. The summed E-state index contributed by atoms with van der Waals surface area (Å²) in [5.41, 5.74) is 11.9. The van der Waals surface area contributed by atoms with Crippen molar-refractivity contribution >= 4 is 81.3 Å². The van der Waals surface area contributed by atoms with Gasteiger partial charge in [-0.15, -0.1) is 11.3 Å². The molecule has 11 rings (SSSR count).